The number of aryl methyl sites for hydroxylation is 1. The quantitative estimate of drug-likeness (QED) is 0.177. The number of fused-ring (bicyclic) bond motifs is 2. The number of ether oxygens (including phenoxy) is 1. The first kappa shape index (κ1) is 30.5. The normalized spacial score (nSPS) is 14.9. The molecule has 1 aliphatic heterocycles. The third-order valence-corrected chi connectivity index (χ3v) is 7.34. The van der Waals surface area contributed by atoms with Crippen molar-refractivity contribution in [2.75, 3.05) is 26.2 Å². The Kier molecular flexibility index (Phi) is 10.1. The van der Waals surface area contributed by atoms with Gasteiger partial charge in [0, 0.05) is 31.2 Å². The summed E-state index contributed by atoms with van der Waals surface area (Å²) in [6.07, 6.45) is 2.71. The molecule has 1 aliphatic rings. The molecule has 1 atom stereocenters. The number of likely N-dealkylation sites (tertiary alicyclic amines) is 1. The molecule has 0 amide bonds. The Hall–Kier alpha value is -4.47. The Balaban J connectivity index is 0.000000446. The van der Waals surface area contributed by atoms with Crippen molar-refractivity contribution in [3.8, 4) is 5.75 Å². The molecule has 3 N–H and O–H groups in total. The molecule has 2 heterocycles. The minimum absolute atomic E-state index is 0.105. The molecule has 220 valence electrons. The van der Waals surface area contributed by atoms with Crippen LogP contribution in [0.25, 0.3) is 21.7 Å². The number of carbonyl (C=O) groups is 3. The molecule has 9 heteroatoms. The molecule has 1 fully saturated rings. The first-order chi connectivity index (χ1) is 20.1. The first-order valence-corrected chi connectivity index (χ1v) is 13.8. The van der Waals surface area contributed by atoms with Crippen LogP contribution in [0.1, 0.15) is 47.4 Å². The zero-order valence-electron chi connectivity index (χ0n) is 23.7. The van der Waals surface area contributed by atoms with Crippen LogP contribution in [0.5, 0.6) is 5.75 Å². The lowest BCUT2D eigenvalue weighted by Gasteiger charge is -2.33. The van der Waals surface area contributed by atoms with Gasteiger partial charge < -0.3 is 29.4 Å². The van der Waals surface area contributed by atoms with E-state index in [1.54, 1.807) is 0 Å². The van der Waals surface area contributed by atoms with Gasteiger partial charge in [-0.25, -0.2) is 9.59 Å². The number of carbonyl (C=O) groups excluding carboxylic acids is 1. The zero-order valence-corrected chi connectivity index (χ0v) is 23.7. The maximum Gasteiger partial charge on any atom is 0.328 e. The maximum atomic E-state index is 11.8. The number of Topliss-reactive ketones (excluding diaryl/α,β-unsaturated/α-hetero) is 1. The standard InChI is InChI=1S/C29H31NO4.C4H4O4/c1-19-28-26(8-5-9-27(28)34-29(19)20(2)31)33-18-25(32)17-30-14-12-22(13-15-30)24-11-10-21-6-3-4-7-23(21)16-24;5-3(6)1-2-4(7)8/h3-11,16,22,25,32H,12-15,17-18H2,1-2H3;1-2H,(H,5,6)(H,7,8)/b;2-1-/t25-;/m0./s1. The van der Waals surface area contributed by atoms with Crippen LogP contribution in [0.4, 0.5) is 0 Å². The molecular weight excluding hydrogens is 538 g/mol. The summed E-state index contributed by atoms with van der Waals surface area (Å²) in [5, 5.41) is 29.7. The molecule has 5 rings (SSSR count). The molecule has 0 saturated carbocycles. The summed E-state index contributed by atoms with van der Waals surface area (Å²) in [7, 11) is 0. The highest BCUT2D eigenvalue weighted by Gasteiger charge is 2.23. The van der Waals surface area contributed by atoms with Crippen molar-refractivity contribution in [1.82, 2.24) is 4.90 Å². The fourth-order valence-corrected chi connectivity index (χ4v) is 5.31. The first-order valence-electron chi connectivity index (χ1n) is 13.8. The number of aliphatic hydroxyl groups is 1. The Morgan fingerprint density at radius 1 is 0.976 bits per heavy atom. The molecule has 0 radical (unpaired) electrons. The number of piperidine rings is 1. The van der Waals surface area contributed by atoms with Gasteiger partial charge in [-0.2, -0.15) is 0 Å². The van der Waals surface area contributed by atoms with Crippen LogP contribution in [0, 0.1) is 6.92 Å². The molecule has 1 aromatic heterocycles. The van der Waals surface area contributed by atoms with Crippen LogP contribution in [-0.4, -0.2) is 70.3 Å². The van der Waals surface area contributed by atoms with Gasteiger partial charge in [-0.05, 0) is 67.2 Å². The number of hydrogen-bond donors (Lipinski definition) is 3. The summed E-state index contributed by atoms with van der Waals surface area (Å²) in [6, 6.07) is 20.8. The zero-order chi connectivity index (χ0) is 30.2. The number of aliphatic hydroxyl groups excluding tert-OH is 1. The topological polar surface area (TPSA) is 138 Å². The third-order valence-electron chi connectivity index (χ3n) is 7.34. The number of carboxylic acid groups (broad SMARTS) is 2. The second kappa shape index (κ2) is 13.9. The van der Waals surface area contributed by atoms with Gasteiger partial charge in [-0.15, -0.1) is 0 Å². The molecule has 0 spiro atoms. The number of ketones is 1. The van der Waals surface area contributed by atoms with E-state index in [1.165, 1.54) is 23.3 Å². The van der Waals surface area contributed by atoms with E-state index >= 15 is 0 Å². The second-order valence-electron chi connectivity index (χ2n) is 10.4. The van der Waals surface area contributed by atoms with Gasteiger partial charge >= 0.3 is 11.9 Å². The van der Waals surface area contributed by atoms with E-state index in [0.717, 1.165) is 36.9 Å². The van der Waals surface area contributed by atoms with Gasteiger partial charge in [0.1, 0.15) is 24.0 Å². The van der Waals surface area contributed by atoms with E-state index in [9.17, 15) is 19.5 Å². The molecule has 0 bridgehead atoms. The summed E-state index contributed by atoms with van der Waals surface area (Å²) >= 11 is 0. The van der Waals surface area contributed by atoms with Crippen molar-refractivity contribution < 1.29 is 38.9 Å². The Morgan fingerprint density at radius 3 is 2.29 bits per heavy atom. The fourth-order valence-electron chi connectivity index (χ4n) is 5.31. The Bertz CT molecular complexity index is 1580. The van der Waals surface area contributed by atoms with Crippen molar-refractivity contribution in [2.24, 2.45) is 0 Å². The lowest BCUT2D eigenvalue weighted by molar-refractivity contribution is -0.134. The van der Waals surface area contributed by atoms with Gasteiger partial charge in [0.15, 0.2) is 11.5 Å². The highest BCUT2D eigenvalue weighted by Crippen LogP contribution is 2.34. The van der Waals surface area contributed by atoms with Crippen LogP contribution >= 0.6 is 0 Å². The van der Waals surface area contributed by atoms with Crippen molar-refractivity contribution in [2.45, 2.75) is 38.7 Å². The number of nitrogens with zero attached hydrogens (tertiary/aromatic N) is 1. The highest BCUT2D eigenvalue weighted by molar-refractivity contribution is 6.00. The van der Waals surface area contributed by atoms with Crippen LogP contribution in [0.2, 0.25) is 0 Å². The van der Waals surface area contributed by atoms with Crippen molar-refractivity contribution in [3.63, 3.8) is 0 Å². The number of benzene rings is 3. The molecule has 3 aromatic carbocycles. The van der Waals surface area contributed by atoms with E-state index in [0.29, 0.717) is 41.7 Å². The van der Waals surface area contributed by atoms with Crippen LogP contribution in [0.15, 0.2) is 77.2 Å². The number of aliphatic carboxylic acids is 2. The number of β-amino-alcohol motifs (C(OH)–C–C–N with tert-alkyl or cyclic N) is 1. The van der Waals surface area contributed by atoms with Crippen LogP contribution < -0.4 is 4.74 Å². The van der Waals surface area contributed by atoms with Crippen molar-refractivity contribution in [1.29, 1.82) is 0 Å². The average Bonchev–Trinajstić information content (AvgIpc) is 3.32. The summed E-state index contributed by atoms with van der Waals surface area (Å²) in [5.41, 5.74) is 2.82. The number of furan rings is 1. The van der Waals surface area contributed by atoms with Gasteiger partial charge in [0.05, 0.1) is 5.39 Å². The van der Waals surface area contributed by atoms with Crippen molar-refractivity contribution >= 4 is 39.5 Å². The van der Waals surface area contributed by atoms with Gasteiger partial charge in [0.25, 0.3) is 0 Å². The summed E-state index contributed by atoms with van der Waals surface area (Å²) < 4.78 is 11.7. The minimum atomic E-state index is -1.26. The van der Waals surface area contributed by atoms with E-state index in [4.69, 9.17) is 19.4 Å². The predicted molar refractivity (Wildman–Crippen MR) is 159 cm³/mol. The monoisotopic (exact) mass is 573 g/mol. The highest BCUT2D eigenvalue weighted by atomic mass is 16.5. The minimum Gasteiger partial charge on any atom is -0.490 e. The average molecular weight is 574 g/mol. The largest absolute Gasteiger partial charge is 0.490 e. The SMILES string of the molecule is CC(=O)c1oc2cccc(OC[C@@H](O)CN3CCC(c4ccc5ccccc5c4)CC3)c2c1C.O=C(O)/C=C\C(=O)O. The van der Waals surface area contributed by atoms with Crippen LogP contribution in [-0.2, 0) is 9.59 Å². The molecular formula is C33H35NO8. The molecule has 1 saturated heterocycles. The molecule has 4 aromatic rings. The van der Waals surface area contributed by atoms with Crippen LogP contribution in [0.3, 0.4) is 0 Å². The summed E-state index contributed by atoms with van der Waals surface area (Å²) in [5.74, 6) is -1.06. The van der Waals surface area contributed by atoms with Crippen molar-refractivity contribution in [3.05, 3.63) is 89.7 Å². The molecule has 0 aliphatic carbocycles. The van der Waals surface area contributed by atoms with Gasteiger partial charge in [-0.1, -0.05) is 48.5 Å². The number of carboxylic acids is 2. The predicted octanol–water partition coefficient (Wildman–Crippen LogP) is 5.43. The second-order valence-corrected chi connectivity index (χ2v) is 10.4. The van der Waals surface area contributed by atoms with E-state index in [-0.39, 0.29) is 12.4 Å². The number of rotatable bonds is 9. The lowest BCUT2D eigenvalue weighted by Crippen LogP contribution is -2.40. The molecule has 0 unspecified atom stereocenters. The third kappa shape index (κ3) is 7.84. The smallest absolute Gasteiger partial charge is 0.328 e. The summed E-state index contributed by atoms with van der Waals surface area (Å²) in [6.45, 7) is 6.08. The Labute approximate surface area is 243 Å². The molecule has 42 heavy (non-hydrogen) atoms. The Morgan fingerprint density at radius 2 is 1.64 bits per heavy atom. The maximum absolute atomic E-state index is 11.8. The van der Waals surface area contributed by atoms with E-state index in [2.05, 4.69) is 47.4 Å². The van der Waals surface area contributed by atoms with Gasteiger partial charge in [-0.3, -0.25) is 4.79 Å². The summed E-state index contributed by atoms with van der Waals surface area (Å²) in [4.78, 5) is 33.3. The van der Waals surface area contributed by atoms with Gasteiger partial charge in [0.2, 0.25) is 0 Å². The van der Waals surface area contributed by atoms with E-state index in [1.807, 2.05) is 25.1 Å². The molecule has 9 nitrogen and oxygen atoms in total. The van der Waals surface area contributed by atoms with E-state index < -0.39 is 18.0 Å². The number of hydrogen-bond acceptors (Lipinski definition) is 7. The fraction of sp³-hybridized carbons (Fsp3) is 0.303. The lowest BCUT2D eigenvalue weighted by atomic mass is 9.88.